The predicted molar refractivity (Wildman–Crippen MR) is 78.1 cm³/mol. The fourth-order valence-corrected chi connectivity index (χ4v) is 2.75. The van der Waals surface area contributed by atoms with Crippen molar-refractivity contribution in [2.75, 3.05) is 0 Å². The van der Waals surface area contributed by atoms with E-state index >= 15 is 0 Å². The van der Waals surface area contributed by atoms with Gasteiger partial charge in [0.25, 0.3) is 0 Å². The van der Waals surface area contributed by atoms with Gasteiger partial charge in [0, 0.05) is 4.88 Å². The average molecular weight is 274 g/mol. The molecule has 1 aromatic heterocycles. The number of hydrogen-bond donors (Lipinski definition) is 0. The number of ketones is 1. The minimum absolute atomic E-state index is 0.00308. The number of carbonyl (C=O) groups excluding carboxylic acids is 1. The lowest BCUT2D eigenvalue weighted by Crippen LogP contribution is -1.88. The summed E-state index contributed by atoms with van der Waals surface area (Å²) in [5, 5.41) is 0. The van der Waals surface area contributed by atoms with Crippen LogP contribution >= 0.6 is 11.3 Å². The second-order valence-electron chi connectivity index (χ2n) is 4.27. The van der Waals surface area contributed by atoms with Gasteiger partial charge in [0.2, 0.25) is 0 Å². The van der Waals surface area contributed by atoms with E-state index in [2.05, 4.69) is 6.92 Å². The summed E-state index contributed by atoms with van der Waals surface area (Å²) in [7, 11) is 0. The molecule has 3 heteroatoms. The molecule has 0 saturated carbocycles. The lowest BCUT2D eigenvalue weighted by atomic mass is 10.2. The van der Waals surface area contributed by atoms with E-state index < -0.39 is 0 Å². The van der Waals surface area contributed by atoms with Crippen LogP contribution in [0.15, 0.2) is 42.5 Å². The summed E-state index contributed by atoms with van der Waals surface area (Å²) in [5.74, 6) is -0.275. The molecule has 0 fully saturated rings. The van der Waals surface area contributed by atoms with Crippen LogP contribution in [0.2, 0.25) is 0 Å². The van der Waals surface area contributed by atoms with E-state index in [0.29, 0.717) is 0 Å². The molecule has 0 amide bonds. The number of halogens is 1. The highest BCUT2D eigenvalue weighted by Gasteiger charge is 2.05. The second-order valence-corrected chi connectivity index (χ2v) is 5.43. The Morgan fingerprint density at radius 1 is 1.21 bits per heavy atom. The van der Waals surface area contributed by atoms with Crippen LogP contribution in [0.1, 0.15) is 33.5 Å². The molecule has 98 valence electrons. The van der Waals surface area contributed by atoms with Crippen LogP contribution in [-0.2, 0) is 6.42 Å². The standard InChI is InChI=1S/C16H15FOS/c1-2-3-14-9-11-16(19-14)15(18)10-6-12-4-7-13(17)8-5-12/h4-11H,2-3H2,1H3/b10-6+. The van der Waals surface area contributed by atoms with Gasteiger partial charge in [0.1, 0.15) is 5.82 Å². The molecule has 0 unspecified atom stereocenters. The van der Waals surface area contributed by atoms with Gasteiger partial charge in [-0.2, -0.15) is 0 Å². The molecule has 19 heavy (non-hydrogen) atoms. The Balaban J connectivity index is 2.05. The van der Waals surface area contributed by atoms with Gasteiger partial charge in [0.05, 0.1) is 4.88 Å². The minimum atomic E-state index is -0.272. The molecule has 0 aliphatic carbocycles. The molecule has 1 heterocycles. The average Bonchev–Trinajstić information content (AvgIpc) is 2.87. The lowest BCUT2D eigenvalue weighted by molar-refractivity contribution is 0.105. The summed E-state index contributed by atoms with van der Waals surface area (Å²) < 4.78 is 12.7. The first kappa shape index (κ1) is 13.7. The van der Waals surface area contributed by atoms with E-state index in [1.807, 2.05) is 12.1 Å². The zero-order valence-corrected chi connectivity index (χ0v) is 11.5. The third-order valence-electron chi connectivity index (χ3n) is 2.70. The summed E-state index contributed by atoms with van der Waals surface area (Å²) >= 11 is 1.54. The van der Waals surface area contributed by atoms with Gasteiger partial charge < -0.3 is 0 Å². The fraction of sp³-hybridized carbons (Fsp3) is 0.188. The molecular weight excluding hydrogens is 259 g/mol. The number of allylic oxidation sites excluding steroid dienone is 1. The second kappa shape index (κ2) is 6.43. The maximum absolute atomic E-state index is 12.7. The molecule has 1 aromatic carbocycles. The maximum atomic E-state index is 12.7. The quantitative estimate of drug-likeness (QED) is 0.568. The highest BCUT2D eigenvalue weighted by atomic mass is 32.1. The van der Waals surface area contributed by atoms with E-state index in [0.717, 1.165) is 23.3 Å². The molecule has 0 atom stereocenters. The molecule has 0 N–H and O–H groups in total. The fourth-order valence-electron chi connectivity index (χ4n) is 1.72. The third-order valence-corrected chi connectivity index (χ3v) is 3.86. The van der Waals surface area contributed by atoms with Crippen LogP contribution in [0.25, 0.3) is 6.08 Å². The first-order chi connectivity index (χ1) is 9.19. The van der Waals surface area contributed by atoms with E-state index in [9.17, 15) is 9.18 Å². The van der Waals surface area contributed by atoms with Crippen LogP contribution < -0.4 is 0 Å². The summed E-state index contributed by atoms with van der Waals surface area (Å²) in [6, 6.07) is 9.94. The first-order valence-electron chi connectivity index (χ1n) is 6.25. The molecular formula is C16H15FOS. The zero-order chi connectivity index (χ0) is 13.7. The van der Waals surface area contributed by atoms with Gasteiger partial charge >= 0.3 is 0 Å². The number of thiophene rings is 1. The Bertz CT molecular complexity index is 581. The van der Waals surface area contributed by atoms with Crippen molar-refractivity contribution in [3.63, 3.8) is 0 Å². The highest BCUT2D eigenvalue weighted by molar-refractivity contribution is 7.14. The number of aryl methyl sites for hydroxylation is 1. The van der Waals surface area contributed by atoms with Crippen molar-refractivity contribution < 1.29 is 9.18 Å². The third kappa shape index (κ3) is 3.86. The van der Waals surface area contributed by atoms with Crippen LogP contribution in [-0.4, -0.2) is 5.78 Å². The molecule has 0 radical (unpaired) electrons. The number of carbonyl (C=O) groups is 1. The number of rotatable bonds is 5. The first-order valence-corrected chi connectivity index (χ1v) is 7.07. The smallest absolute Gasteiger partial charge is 0.195 e. The van der Waals surface area contributed by atoms with Crippen molar-refractivity contribution in [1.29, 1.82) is 0 Å². The van der Waals surface area contributed by atoms with Gasteiger partial charge in [0.15, 0.2) is 5.78 Å². The molecule has 2 rings (SSSR count). The van der Waals surface area contributed by atoms with Crippen LogP contribution in [0.5, 0.6) is 0 Å². The SMILES string of the molecule is CCCc1ccc(C(=O)/C=C/c2ccc(F)cc2)s1. The molecule has 0 spiro atoms. The Kier molecular flexibility index (Phi) is 4.63. The van der Waals surface area contributed by atoms with Crippen molar-refractivity contribution in [2.24, 2.45) is 0 Å². The van der Waals surface area contributed by atoms with Crippen LogP contribution in [0.3, 0.4) is 0 Å². The van der Waals surface area contributed by atoms with Gasteiger partial charge in [-0.05, 0) is 42.3 Å². The van der Waals surface area contributed by atoms with Gasteiger partial charge in [-0.1, -0.05) is 31.6 Å². The Morgan fingerprint density at radius 3 is 2.63 bits per heavy atom. The summed E-state index contributed by atoms with van der Waals surface area (Å²) in [6.07, 6.45) is 5.34. The highest BCUT2D eigenvalue weighted by Crippen LogP contribution is 2.19. The summed E-state index contributed by atoms with van der Waals surface area (Å²) in [5.41, 5.74) is 0.820. The van der Waals surface area contributed by atoms with Crippen molar-refractivity contribution in [3.8, 4) is 0 Å². The van der Waals surface area contributed by atoms with E-state index in [1.165, 1.54) is 23.1 Å². The maximum Gasteiger partial charge on any atom is 0.195 e. The lowest BCUT2D eigenvalue weighted by Gasteiger charge is -1.93. The summed E-state index contributed by atoms with van der Waals surface area (Å²) in [4.78, 5) is 13.9. The Hall–Kier alpha value is -1.74. The van der Waals surface area contributed by atoms with Crippen LogP contribution in [0.4, 0.5) is 4.39 Å². The monoisotopic (exact) mass is 274 g/mol. The minimum Gasteiger partial charge on any atom is -0.288 e. The Morgan fingerprint density at radius 2 is 1.95 bits per heavy atom. The van der Waals surface area contributed by atoms with Gasteiger partial charge in [-0.3, -0.25) is 4.79 Å². The topological polar surface area (TPSA) is 17.1 Å². The van der Waals surface area contributed by atoms with Gasteiger partial charge in [-0.15, -0.1) is 11.3 Å². The summed E-state index contributed by atoms with van der Waals surface area (Å²) in [6.45, 7) is 2.12. The molecule has 2 aromatic rings. The molecule has 0 saturated heterocycles. The van der Waals surface area contributed by atoms with Crippen molar-refractivity contribution in [3.05, 3.63) is 63.6 Å². The van der Waals surface area contributed by atoms with Gasteiger partial charge in [-0.25, -0.2) is 4.39 Å². The van der Waals surface area contributed by atoms with E-state index in [1.54, 1.807) is 29.5 Å². The largest absolute Gasteiger partial charge is 0.288 e. The molecule has 0 bridgehead atoms. The van der Waals surface area contributed by atoms with Crippen molar-refractivity contribution >= 4 is 23.2 Å². The van der Waals surface area contributed by atoms with Crippen molar-refractivity contribution in [2.45, 2.75) is 19.8 Å². The number of hydrogen-bond acceptors (Lipinski definition) is 2. The Labute approximate surface area is 116 Å². The predicted octanol–water partition coefficient (Wildman–Crippen LogP) is 4.74. The van der Waals surface area contributed by atoms with E-state index in [4.69, 9.17) is 0 Å². The van der Waals surface area contributed by atoms with Crippen LogP contribution in [0, 0.1) is 5.82 Å². The number of benzene rings is 1. The molecule has 1 nitrogen and oxygen atoms in total. The van der Waals surface area contributed by atoms with Crippen molar-refractivity contribution in [1.82, 2.24) is 0 Å². The zero-order valence-electron chi connectivity index (χ0n) is 10.7. The normalized spacial score (nSPS) is 11.1. The van der Waals surface area contributed by atoms with E-state index in [-0.39, 0.29) is 11.6 Å². The molecule has 0 aliphatic heterocycles. The molecule has 0 aliphatic rings.